The van der Waals surface area contributed by atoms with Gasteiger partial charge in [0.05, 0.1) is 0 Å². The first-order valence-corrected chi connectivity index (χ1v) is 6.40. The Morgan fingerprint density at radius 3 is 2.35 bits per heavy atom. The minimum atomic E-state index is 0.303. The van der Waals surface area contributed by atoms with E-state index in [0.29, 0.717) is 11.7 Å². The van der Waals surface area contributed by atoms with Gasteiger partial charge in [0.15, 0.2) is 0 Å². The zero-order valence-electron chi connectivity index (χ0n) is 11.6. The standard InChI is InChI=1S/C13H24N4/c1-6-8-17(7-2)13-10(5)11(14)15-12(16-13)9(3)4/h9H,6-8H2,1-5H3,(H2,14,15,16). The molecule has 0 aromatic carbocycles. The van der Waals surface area contributed by atoms with E-state index in [9.17, 15) is 0 Å². The summed E-state index contributed by atoms with van der Waals surface area (Å²) in [4.78, 5) is 11.3. The van der Waals surface area contributed by atoms with Crippen molar-refractivity contribution in [2.24, 2.45) is 0 Å². The van der Waals surface area contributed by atoms with E-state index in [1.165, 1.54) is 0 Å². The molecule has 0 amide bonds. The molecule has 0 saturated heterocycles. The highest BCUT2D eigenvalue weighted by Gasteiger charge is 2.15. The van der Waals surface area contributed by atoms with E-state index in [0.717, 1.165) is 36.7 Å². The van der Waals surface area contributed by atoms with Crippen LogP contribution in [0.15, 0.2) is 0 Å². The topological polar surface area (TPSA) is 55.0 Å². The molecule has 1 heterocycles. The molecule has 0 spiro atoms. The third-order valence-electron chi connectivity index (χ3n) is 2.87. The van der Waals surface area contributed by atoms with Crippen LogP contribution in [-0.2, 0) is 0 Å². The lowest BCUT2D eigenvalue weighted by molar-refractivity contribution is 0.736. The van der Waals surface area contributed by atoms with Crippen LogP contribution >= 0.6 is 0 Å². The lowest BCUT2D eigenvalue weighted by atomic mass is 10.2. The molecule has 0 aliphatic heterocycles. The van der Waals surface area contributed by atoms with E-state index in [1.807, 2.05) is 6.92 Å². The Hall–Kier alpha value is -1.32. The van der Waals surface area contributed by atoms with Gasteiger partial charge in [-0.1, -0.05) is 20.8 Å². The molecular weight excluding hydrogens is 212 g/mol. The molecule has 4 nitrogen and oxygen atoms in total. The maximum absolute atomic E-state index is 5.97. The molecule has 0 fully saturated rings. The van der Waals surface area contributed by atoms with E-state index in [1.54, 1.807) is 0 Å². The monoisotopic (exact) mass is 236 g/mol. The fourth-order valence-electron chi connectivity index (χ4n) is 1.79. The molecule has 1 aromatic heterocycles. The van der Waals surface area contributed by atoms with Crippen LogP contribution in [0.4, 0.5) is 11.6 Å². The van der Waals surface area contributed by atoms with Gasteiger partial charge in [-0.15, -0.1) is 0 Å². The molecule has 0 saturated carbocycles. The van der Waals surface area contributed by atoms with E-state index in [-0.39, 0.29) is 0 Å². The average molecular weight is 236 g/mol. The number of hydrogen-bond acceptors (Lipinski definition) is 4. The Bertz CT molecular complexity index is 374. The molecule has 0 atom stereocenters. The highest BCUT2D eigenvalue weighted by Crippen LogP contribution is 2.24. The molecule has 96 valence electrons. The molecule has 0 aliphatic carbocycles. The second-order valence-electron chi connectivity index (χ2n) is 4.65. The average Bonchev–Trinajstić information content (AvgIpc) is 2.29. The molecular formula is C13H24N4. The highest BCUT2D eigenvalue weighted by molar-refractivity contribution is 5.56. The first-order chi connectivity index (χ1) is 8.01. The summed E-state index contributed by atoms with van der Waals surface area (Å²) in [5.41, 5.74) is 6.96. The quantitative estimate of drug-likeness (QED) is 0.854. The van der Waals surface area contributed by atoms with Crippen LogP contribution in [0.5, 0.6) is 0 Å². The van der Waals surface area contributed by atoms with Crippen LogP contribution in [0.1, 0.15) is 51.4 Å². The third-order valence-corrected chi connectivity index (χ3v) is 2.87. The van der Waals surface area contributed by atoms with E-state index < -0.39 is 0 Å². The Labute approximate surface area is 104 Å². The number of nitrogen functional groups attached to an aromatic ring is 1. The summed E-state index contributed by atoms with van der Waals surface area (Å²) in [6, 6.07) is 0. The zero-order chi connectivity index (χ0) is 13.0. The van der Waals surface area contributed by atoms with Crippen molar-refractivity contribution in [2.75, 3.05) is 23.7 Å². The number of nitrogens with two attached hydrogens (primary N) is 1. The van der Waals surface area contributed by atoms with Gasteiger partial charge in [0.1, 0.15) is 17.5 Å². The van der Waals surface area contributed by atoms with Crippen molar-refractivity contribution in [3.05, 3.63) is 11.4 Å². The van der Waals surface area contributed by atoms with Crippen LogP contribution in [0, 0.1) is 6.92 Å². The van der Waals surface area contributed by atoms with Crippen molar-refractivity contribution in [3.63, 3.8) is 0 Å². The number of hydrogen-bond donors (Lipinski definition) is 1. The summed E-state index contributed by atoms with van der Waals surface area (Å²) in [5.74, 6) is 2.73. The summed E-state index contributed by atoms with van der Waals surface area (Å²) >= 11 is 0. The van der Waals surface area contributed by atoms with Crippen LogP contribution in [0.25, 0.3) is 0 Å². The number of rotatable bonds is 5. The van der Waals surface area contributed by atoms with Crippen LogP contribution in [-0.4, -0.2) is 23.1 Å². The number of anilines is 2. The van der Waals surface area contributed by atoms with Crippen LogP contribution in [0.2, 0.25) is 0 Å². The van der Waals surface area contributed by atoms with E-state index in [2.05, 4.69) is 42.6 Å². The molecule has 17 heavy (non-hydrogen) atoms. The van der Waals surface area contributed by atoms with Gasteiger partial charge >= 0.3 is 0 Å². The number of aromatic nitrogens is 2. The van der Waals surface area contributed by atoms with Gasteiger partial charge in [0, 0.05) is 24.6 Å². The third kappa shape index (κ3) is 3.08. The minimum Gasteiger partial charge on any atom is -0.383 e. The van der Waals surface area contributed by atoms with Crippen molar-refractivity contribution < 1.29 is 0 Å². The molecule has 1 rings (SSSR count). The molecule has 0 unspecified atom stereocenters. The second kappa shape index (κ2) is 5.84. The SMILES string of the molecule is CCCN(CC)c1nc(C(C)C)nc(N)c1C. The molecule has 0 radical (unpaired) electrons. The van der Waals surface area contributed by atoms with Gasteiger partial charge in [0.2, 0.25) is 0 Å². The maximum Gasteiger partial charge on any atom is 0.137 e. The van der Waals surface area contributed by atoms with Crippen molar-refractivity contribution in [1.82, 2.24) is 9.97 Å². The zero-order valence-corrected chi connectivity index (χ0v) is 11.6. The van der Waals surface area contributed by atoms with Crippen molar-refractivity contribution in [3.8, 4) is 0 Å². The summed E-state index contributed by atoms with van der Waals surface area (Å²) in [5, 5.41) is 0. The lowest BCUT2D eigenvalue weighted by Gasteiger charge is -2.24. The normalized spacial score (nSPS) is 10.9. The van der Waals surface area contributed by atoms with Gasteiger partial charge < -0.3 is 10.6 Å². The van der Waals surface area contributed by atoms with Crippen LogP contribution in [0.3, 0.4) is 0 Å². The number of nitrogens with zero attached hydrogens (tertiary/aromatic N) is 3. The Kier molecular flexibility index (Phi) is 4.73. The molecule has 0 bridgehead atoms. The highest BCUT2D eigenvalue weighted by atomic mass is 15.2. The Morgan fingerprint density at radius 2 is 1.88 bits per heavy atom. The summed E-state index contributed by atoms with van der Waals surface area (Å²) in [7, 11) is 0. The lowest BCUT2D eigenvalue weighted by Crippen LogP contribution is -2.26. The predicted octanol–water partition coefficient (Wildman–Crippen LogP) is 2.73. The largest absolute Gasteiger partial charge is 0.383 e. The van der Waals surface area contributed by atoms with Gasteiger partial charge in [-0.25, -0.2) is 9.97 Å². The Balaban J connectivity index is 3.20. The molecule has 4 heteroatoms. The first kappa shape index (κ1) is 13.7. The Morgan fingerprint density at radius 1 is 1.24 bits per heavy atom. The van der Waals surface area contributed by atoms with Crippen molar-refractivity contribution in [2.45, 2.75) is 47.0 Å². The van der Waals surface area contributed by atoms with Crippen LogP contribution < -0.4 is 10.6 Å². The molecule has 0 aliphatic rings. The first-order valence-electron chi connectivity index (χ1n) is 6.40. The second-order valence-corrected chi connectivity index (χ2v) is 4.65. The van der Waals surface area contributed by atoms with Gasteiger partial charge in [-0.2, -0.15) is 0 Å². The van der Waals surface area contributed by atoms with Crippen molar-refractivity contribution >= 4 is 11.6 Å². The van der Waals surface area contributed by atoms with Gasteiger partial charge in [-0.05, 0) is 20.3 Å². The maximum atomic E-state index is 5.97. The fraction of sp³-hybridized carbons (Fsp3) is 0.692. The van der Waals surface area contributed by atoms with Crippen molar-refractivity contribution in [1.29, 1.82) is 0 Å². The van der Waals surface area contributed by atoms with Gasteiger partial charge in [0.25, 0.3) is 0 Å². The summed E-state index contributed by atoms with van der Waals surface area (Å²) in [6.07, 6.45) is 1.11. The summed E-state index contributed by atoms with van der Waals surface area (Å²) in [6.45, 7) is 12.4. The van der Waals surface area contributed by atoms with E-state index >= 15 is 0 Å². The minimum absolute atomic E-state index is 0.303. The molecule has 1 aromatic rings. The van der Waals surface area contributed by atoms with Gasteiger partial charge in [-0.3, -0.25) is 0 Å². The predicted molar refractivity (Wildman–Crippen MR) is 73.4 cm³/mol. The molecule has 2 N–H and O–H groups in total. The summed E-state index contributed by atoms with van der Waals surface area (Å²) < 4.78 is 0. The fourth-order valence-corrected chi connectivity index (χ4v) is 1.79. The van der Waals surface area contributed by atoms with E-state index in [4.69, 9.17) is 5.73 Å². The smallest absolute Gasteiger partial charge is 0.137 e.